The van der Waals surface area contributed by atoms with Gasteiger partial charge < -0.3 is 15.5 Å². The summed E-state index contributed by atoms with van der Waals surface area (Å²) in [6.45, 7) is 5.11. The summed E-state index contributed by atoms with van der Waals surface area (Å²) in [5.41, 5.74) is 7.91. The second-order valence-corrected chi connectivity index (χ2v) is 4.02. The molecule has 0 amide bonds. The molecule has 1 aromatic carbocycles. The minimum absolute atomic E-state index is 0.560. The number of anilines is 2. The summed E-state index contributed by atoms with van der Waals surface area (Å²) in [7, 11) is 0. The van der Waals surface area contributed by atoms with E-state index in [4.69, 9.17) is 10.2 Å². The molecule has 0 aliphatic rings. The zero-order valence-electron chi connectivity index (χ0n) is 8.95. The van der Waals surface area contributed by atoms with Gasteiger partial charge in [-0.05, 0) is 24.1 Å². The Hall–Kier alpha value is -1.71. The first-order valence-corrected chi connectivity index (χ1v) is 5.05. The molecule has 1 heterocycles. The highest BCUT2D eigenvalue weighted by Crippen LogP contribution is 2.20. The van der Waals surface area contributed by atoms with Crippen molar-refractivity contribution in [3.05, 3.63) is 18.2 Å². The molecule has 4 nitrogen and oxygen atoms in total. The van der Waals surface area contributed by atoms with Crippen LogP contribution in [0.2, 0.25) is 0 Å². The normalized spacial score (nSPS) is 11.1. The van der Waals surface area contributed by atoms with Crippen molar-refractivity contribution in [2.45, 2.75) is 13.8 Å². The molecule has 0 saturated carbocycles. The van der Waals surface area contributed by atoms with E-state index >= 15 is 0 Å². The van der Waals surface area contributed by atoms with Gasteiger partial charge in [0.05, 0.1) is 0 Å². The van der Waals surface area contributed by atoms with E-state index in [1.165, 1.54) is 0 Å². The summed E-state index contributed by atoms with van der Waals surface area (Å²) in [5.74, 6) is 0.560. The number of nitrogen functional groups attached to an aromatic ring is 1. The van der Waals surface area contributed by atoms with Gasteiger partial charge in [0, 0.05) is 12.2 Å². The van der Waals surface area contributed by atoms with Crippen molar-refractivity contribution in [1.82, 2.24) is 4.98 Å². The van der Waals surface area contributed by atoms with Gasteiger partial charge in [-0.2, -0.15) is 4.98 Å². The molecular weight excluding hydrogens is 190 g/mol. The van der Waals surface area contributed by atoms with Crippen LogP contribution in [0.25, 0.3) is 11.1 Å². The summed E-state index contributed by atoms with van der Waals surface area (Å²) < 4.78 is 5.50. The number of nitrogens with two attached hydrogens (primary N) is 1. The first kappa shape index (κ1) is 9.83. The standard InChI is InChI=1S/C11H15N3O/c1-7(2)6-13-11-14-9-5-8(12)3-4-10(9)15-11/h3-5,7H,6,12H2,1-2H3,(H,13,14). The number of nitrogens with one attached hydrogen (secondary N) is 1. The largest absolute Gasteiger partial charge is 0.424 e. The van der Waals surface area contributed by atoms with Crippen LogP contribution in [0.15, 0.2) is 22.6 Å². The lowest BCUT2D eigenvalue weighted by Crippen LogP contribution is -2.07. The van der Waals surface area contributed by atoms with E-state index in [-0.39, 0.29) is 0 Å². The Morgan fingerprint density at radius 2 is 2.27 bits per heavy atom. The van der Waals surface area contributed by atoms with Crippen molar-refractivity contribution in [3.8, 4) is 0 Å². The fourth-order valence-electron chi connectivity index (χ4n) is 1.31. The number of hydrogen-bond acceptors (Lipinski definition) is 4. The molecule has 0 bridgehead atoms. The maximum absolute atomic E-state index is 5.65. The molecule has 4 heteroatoms. The van der Waals surface area contributed by atoms with Crippen LogP contribution in [-0.4, -0.2) is 11.5 Å². The van der Waals surface area contributed by atoms with Crippen molar-refractivity contribution >= 4 is 22.8 Å². The Labute approximate surface area is 88.5 Å². The fraction of sp³-hybridized carbons (Fsp3) is 0.364. The smallest absolute Gasteiger partial charge is 0.295 e. The van der Waals surface area contributed by atoms with Crippen LogP contribution in [0.3, 0.4) is 0 Å². The molecule has 0 unspecified atom stereocenters. The van der Waals surface area contributed by atoms with Crippen molar-refractivity contribution in [2.75, 3.05) is 17.6 Å². The average molecular weight is 205 g/mol. The Bertz CT molecular complexity index is 462. The van der Waals surface area contributed by atoms with Gasteiger partial charge in [0.25, 0.3) is 6.01 Å². The molecule has 3 N–H and O–H groups in total. The van der Waals surface area contributed by atoms with Gasteiger partial charge in [0.15, 0.2) is 5.58 Å². The van der Waals surface area contributed by atoms with Gasteiger partial charge in [0.2, 0.25) is 0 Å². The minimum Gasteiger partial charge on any atom is -0.424 e. The summed E-state index contributed by atoms with van der Waals surface area (Å²) in [5, 5.41) is 3.13. The number of aromatic nitrogens is 1. The number of hydrogen-bond donors (Lipinski definition) is 2. The lowest BCUT2D eigenvalue weighted by molar-refractivity contribution is 0.596. The zero-order chi connectivity index (χ0) is 10.8. The SMILES string of the molecule is CC(C)CNc1nc2cc(N)ccc2o1. The molecule has 1 aromatic heterocycles. The van der Waals surface area contributed by atoms with Gasteiger partial charge in [-0.25, -0.2) is 0 Å². The molecule has 0 aliphatic heterocycles. The van der Waals surface area contributed by atoms with E-state index in [1.807, 2.05) is 6.07 Å². The van der Waals surface area contributed by atoms with Gasteiger partial charge in [0.1, 0.15) is 5.52 Å². The van der Waals surface area contributed by atoms with Crippen LogP contribution in [-0.2, 0) is 0 Å². The molecular formula is C11H15N3O. The third-order valence-electron chi connectivity index (χ3n) is 2.07. The number of oxazole rings is 1. The van der Waals surface area contributed by atoms with E-state index in [0.29, 0.717) is 17.6 Å². The lowest BCUT2D eigenvalue weighted by atomic mass is 10.2. The molecule has 0 fully saturated rings. The van der Waals surface area contributed by atoms with Gasteiger partial charge in [-0.1, -0.05) is 13.8 Å². The van der Waals surface area contributed by atoms with Crippen LogP contribution in [0.5, 0.6) is 0 Å². The Balaban J connectivity index is 2.23. The number of nitrogens with zero attached hydrogens (tertiary/aromatic N) is 1. The molecule has 0 saturated heterocycles. The Morgan fingerprint density at radius 3 is 3.00 bits per heavy atom. The highest BCUT2D eigenvalue weighted by Gasteiger charge is 2.05. The van der Waals surface area contributed by atoms with Crippen molar-refractivity contribution in [3.63, 3.8) is 0 Å². The predicted octanol–water partition coefficient (Wildman–Crippen LogP) is 2.48. The maximum atomic E-state index is 5.65. The second kappa shape index (κ2) is 3.81. The second-order valence-electron chi connectivity index (χ2n) is 4.02. The van der Waals surface area contributed by atoms with Crippen molar-refractivity contribution in [1.29, 1.82) is 0 Å². The molecule has 0 radical (unpaired) electrons. The summed E-state index contributed by atoms with van der Waals surface area (Å²) >= 11 is 0. The summed E-state index contributed by atoms with van der Waals surface area (Å²) in [6, 6.07) is 6.00. The molecule has 0 spiro atoms. The van der Waals surface area contributed by atoms with Crippen LogP contribution < -0.4 is 11.1 Å². The third kappa shape index (κ3) is 2.21. The molecule has 80 valence electrons. The van der Waals surface area contributed by atoms with Crippen LogP contribution in [0.4, 0.5) is 11.7 Å². The molecule has 2 aromatic rings. The van der Waals surface area contributed by atoms with E-state index in [2.05, 4.69) is 24.1 Å². The highest BCUT2D eigenvalue weighted by molar-refractivity contribution is 5.78. The van der Waals surface area contributed by atoms with Gasteiger partial charge in [-0.15, -0.1) is 0 Å². The average Bonchev–Trinajstić information content (AvgIpc) is 2.56. The van der Waals surface area contributed by atoms with E-state index in [9.17, 15) is 0 Å². The third-order valence-corrected chi connectivity index (χ3v) is 2.07. The van der Waals surface area contributed by atoms with Gasteiger partial charge >= 0.3 is 0 Å². The first-order valence-electron chi connectivity index (χ1n) is 5.05. The maximum Gasteiger partial charge on any atom is 0.295 e. The predicted molar refractivity (Wildman–Crippen MR) is 61.7 cm³/mol. The van der Waals surface area contributed by atoms with E-state index in [1.54, 1.807) is 12.1 Å². The highest BCUT2D eigenvalue weighted by atomic mass is 16.4. The number of benzene rings is 1. The Kier molecular flexibility index (Phi) is 2.49. The van der Waals surface area contributed by atoms with Crippen LogP contribution in [0, 0.1) is 5.92 Å². The van der Waals surface area contributed by atoms with E-state index in [0.717, 1.165) is 17.6 Å². The molecule has 0 aliphatic carbocycles. The zero-order valence-corrected chi connectivity index (χ0v) is 8.95. The topological polar surface area (TPSA) is 64.1 Å². The Morgan fingerprint density at radius 1 is 1.47 bits per heavy atom. The van der Waals surface area contributed by atoms with Gasteiger partial charge in [-0.3, -0.25) is 0 Å². The molecule has 2 rings (SSSR count). The number of rotatable bonds is 3. The monoisotopic (exact) mass is 205 g/mol. The summed E-state index contributed by atoms with van der Waals surface area (Å²) in [6.07, 6.45) is 0. The first-order chi connectivity index (χ1) is 7.15. The summed E-state index contributed by atoms with van der Waals surface area (Å²) in [4.78, 5) is 4.29. The van der Waals surface area contributed by atoms with Crippen LogP contribution in [0.1, 0.15) is 13.8 Å². The quantitative estimate of drug-likeness (QED) is 0.755. The van der Waals surface area contributed by atoms with Crippen LogP contribution >= 0.6 is 0 Å². The van der Waals surface area contributed by atoms with Crippen molar-refractivity contribution < 1.29 is 4.42 Å². The van der Waals surface area contributed by atoms with Crippen molar-refractivity contribution in [2.24, 2.45) is 5.92 Å². The number of fused-ring (bicyclic) bond motifs is 1. The minimum atomic E-state index is 0.560. The molecule has 15 heavy (non-hydrogen) atoms. The van der Waals surface area contributed by atoms with E-state index < -0.39 is 0 Å². The molecule has 0 atom stereocenters. The lowest BCUT2D eigenvalue weighted by Gasteiger charge is -2.03. The fourth-order valence-corrected chi connectivity index (χ4v) is 1.31.